The monoisotopic (exact) mass is 372 g/mol. The summed E-state index contributed by atoms with van der Waals surface area (Å²) < 4.78 is 15.9. The molecule has 0 spiro atoms. The third kappa shape index (κ3) is 2.70. The highest BCUT2D eigenvalue weighted by molar-refractivity contribution is 5.88. The molecule has 0 saturated heterocycles. The average molecular weight is 372 g/mol. The van der Waals surface area contributed by atoms with Crippen LogP contribution in [-0.2, 0) is 6.42 Å². The number of hydrogen-bond donors (Lipinski definition) is 4. The smallest absolute Gasteiger partial charge is 0.336 e. The van der Waals surface area contributed by atoms with Crippen LogP contribution in [0.25, 0.3) is 11.0 Å². The van der Waals surface area contributed by atoms with Gasteiger partial charge in [-0.25, -0.2) is 4.79 Å². The van der Waals surface area contributed by atoms with Crippen molar-refractivity contribution in [2.45, 2.75) is 18.6 Å². The second-order valence-corrected chi connectivity index (χ2v) is 6.27. The van der Waals surface area contributed by atoms with E-state index in [1.165, 1.54) is 37.4 Å². The first kappa shape index (κ1) is 17.0. The average Bonchev–Trinajstić information content (AvgIpc) is 2.61. The first-order chi connectivity index (χ1) is 12.9. The summed E-state index contributed by atoms with van der Waals surface area (Å²) in [6.45, 7) is 0. The zero-order chi connectivity index (χ0) is 19.3. The lowest BCUT2D eigenvalue weighted by atomic mass is 9.93. The molecule has 1 aliphatic rings. The molecular formula is C19H16O8. The van der Waals surface area contributed by atoms with Gasteiger partial charge in [0.15, 0.2) is 17.6 Å². The molecule has 8 nitrogen and oxygen atoms in total. The molecule has 27 heavy (non-hydrogen) atoms. The van der Waals surface area contributed by atoms with Crippen molar-refractivity contribution in [1.29, 1.82) is 0 Å². The van der Waals surface area contributed by atoms with E-state index in [0.717, 1.165) is 0 Å². The molecule has 1 aliphatic heterocycles. The predicted octanol–water partition coefficient (Wildman–Crippen LogP) is 1.96. The Bertz CT molecular complexity index is 1080. The van der Waals surface area contributed by atoms with Crippen LogP contribution >= 0.6 is 0 Å². The fourth-order valence-electron chi connectivity index (χ4n) is 3.36. The molecule has 2 atom stereocenters. The van der Waals surface area contributed by atoms with Gasteiger partial charge >= 0.3 is 5.63 Å². The molecule has 0 unspecified atom stereocenters. The summed E-state index contributed by atoms with van der Waals surface area (Å²) in [5, 5.41) is 41.1. The highest BCUT2D eigenvalue weighted by atomic mass is 16.5. The van der Waals surface area contributed by atoms with Crippen LogP contribution in [0.5, 0.6) is 28.7 Å². The number of phenolic OH excluding ortho intramolecular Hbond substituents is 3. The van der Waals surface area contributed by atoms with Crippen LogP contribution in [0.4, 0.5) is 0 Å². The molecule has 0 bridgehead atoms. The fourth-order valence-corrected chi connectivity index (χ4v) is 3.36. The minimum atomic E-state index is -1.05. The first-order valence-corrected chi connectivity index (χ1v) is 8.12. The van der Waals surface area contributed by atoms with Gasteiger partial charge in [-0.3, -0.25) is 0 Å². The minimum absolute atomic E-state index is 0.0806. The third-order valence-corrected chi connectivity index (χ3v) is 4.57. The molecule has 0 aliphatic carbocycles. The van der Waals surface area contributed by atoms with Gasteiger partial charge in [0.25, 0.3) is 0 Å². The van der Waals surface area contributed by atoms with E-state index < -0.39 is 17.8 Å². The number of ether oxygens (including phenoxy) is 2. The van der Waals surface area contributed by atoms with Crippen molar-refractivity contribution < 1.29 is 34.3 Å². The quantitative estimate of drug-likeness (QED) is 0.502. The van der Waals surface area contributed by atoms with E-state index in [1.54, 1.807) is 0 Å². The fraction of sp³-hybridized carbons (Fsp3) is 0.211. The summed E-state index contributed by atoms with van der Waals surface area (Å²) in [6.07, 6.45) is -1.90. The Morgan fingerprint density at radius 3 is 2.44 bits per heavy atom. The molecule has 0 radical (unpaired) electrons. The zero-order valence-corrected chi connectivity index (χ0v) is 14.2. The largest absolute Gasteiger partial charge is 0.507 e. The highest BCUT2D eigenvalue weighted by Gasteiger charge is 2.33. The normalized spacial score (nSPS) is 18.7. The molecular weight excluding hydrogens is 356 g/mol. The number of phenols is 3. The molecule has 1 aromatic heterocycles. The lowest BCUT2D eigenvalue weighted by Crippen LogP contribution is -2.30. The van der Waals surface area contributed by atoms with Gasteiger partial charge in [0, 0.05) is 29.7 Å². The molecule has 2 aromatic carbocycles. The van der Waals surface area contributed by atoms with Crippen LogP contribution in [0, 0.1) is 0 Å². The van der Waals surface area contributed by atoms with E-state index in [9.17, 15) is 25.2 Å². The second kappa shape index (κ2) is 6.10. The molecule has 140 valence electrons. The van der Waals surface area contributed by atoms with Gasteiger partial charge in [-0.2, -0.15) is 0 Å². The van der Waals surface area contributed by atoms with Crippen LogP contribution in [0.1, 0.15) is 17.2 Å². The van der Waals surface area contributed by atoms with Crippen molar-refractivity contribution in [3.05, 3.63) is 51.9 Å². The van der Waals surface area contributed by atoms with Gasteiger partial charge in [0.1, 0.15) is 17.1 Å². The van der Waals surface area contributed by atoms with Crippen LogP contribution < -0.4 is 15.1 Å². The standard InChI is InChI=1S/C19H16O8/c1-25-19-12(21)4-8(5-13(19)22)17-14(23)6-10-15(26-17)7-11(20)9-2-3-16(24)27-18(9)10/h2-5,7,14,17,20-23H,6H2,1H3/t14-,17+/m1/s1. The second-order valence-electron chi connectivity index (χ2n) is 6.27. The van der Waals surface area contributed by atoms with Gasteiger partial charge in [-0.15, -0.1) is 0 Å². The summed E-state index contributed by atoms with van der Waals surface area (Å²) in [4.78, 5) is 11.6. The van der Waals surface area contributed by atoms with E-state index in [0.29, 0.717) is 16.5 Å². The van der Waals surface area contributed by atoms with Crippen molar-refractivity contribution in [3.8, 4) is 28.7 Å². The van der Waals surface area contributed by atoms with Crippen molar-refractivity contribution in [2.24, 2.45) is 0 Å². The Labute approximate surface area is 152 Å². The van der Waals surface area contributed by atoms with Crippen LogP contribution in [0.15, 0.2) is 39.5 Å². The number of rotatable bonds is 2. The van der Waals surface area contributed by atoms with Crippen LogP contribution in [0.3, 0.4) is 0 Å². The predicted molar refractivity (Wildman–Crippen MR) is 93.6 cm³/mol. The Kier molecular flexibility index (Phi) is 3.85. The lowest BCUT2D eigenvalue weighted by Gasteiger charge is -2.31. The molecule has 4 N–H and O–H groups in total. The Balaban J connectivity index is 1.82. The number of aliphatic hydroxyl groups excluding tert-OH is 1. The number of aliphatic hydroxyl groups is 1. The lowest BCUT2D eigenvalue weighted by molar-refractivity contribution is 0.0206. The SMILES string of the molecule is COc1c(O)cc([C@@H]2Oc3cc(O)c4ccc(=O)oc4c3C[C@H]2O)cc1O. The Morgan fingerprint density at radius 2 is 1.78 bits per heavy atom. The van der Waals surface area contributed by atoms with Crippen molar-refractivity contribution >= 4 is 11.0 Å². The van der Waals surface area contributed by atoms with E-state index in [2.05, 4.69) is 0 Å². The van der Waals surface area contributed by atoms with E-state index in [4.69, 9.17) is 13.9 Å². The van der Waals surface area contributed by atoms with Gasteiger partial charge in [-0.05, 0) is 18.2 Å². The maximum atomic E-state index is 11.6. The van der Waals surface area contributed by atoms with E-state index in [1.807, 2.05) is 0 Å². The van der Waals surface area contributed by atoms with E-state index in [-0.39, 0.29) is 40.8 Å². The molecule has 4 rings (SSSR count). The Hall–Kier alpha value is -3.39. The number of aromatic hydroxyl groups is 3. The Morgan fingerprint density at radius 1 is 1.07 bits per heavy atom. The van der Waals surface area contributed by atoms with Crippen molar-refractivity contribution in [3.63, 3.8) is 0 Å². The number of hydrogen-bond acceptors (Lipinski definition) is 8. The number of fused-ring (bicyclic) bond motifs is 3. The maximum Gasteiger partial charge on any atom is 0.336 e. The minimum Gasteiger partial charge on any atom is -0.507 e. The van der Waals surface area contributed by atoms with Crippen molar-refractivity contribution in [1.82, 2.24) is 0 Å². The van der Waals surface area contributed by atoms with Gasteiger partial charge < -0.3 is 34.3 Å². The van der Waals surface area contributed by atoms with Crippen LogP contribution in [0.2, 0.25) is 0 Å². The molecule has 0 saturated carbocycles. The summed E-state index contributed by atoms with van der Waals surface area (Å²) in [6, 6.07) is 6.64. The van der Waals surface area contributed by atoms with Crippen molar-refractivity contribution in [2.75, 3.05) is 7.11 Å². The maximum absolute atomic E-state index is 11.6. The van der Waals surface area contributed by atoms with Gasteiger partial charge in [0.2, 0.25) is 5.75 Å². The zero-order valence-electron chi connectivity index (χ0n) is 14.2. The summed E-state index contributed by atoms with van der Waals surface area (Å²) in [5.41, 5.74) is 0.330. The summed E-state index contributed by atoms with van der Waals surface area (Å²) in [5.74, 6) is -0.597. The molecule has 2 heterocycles. The summed E-state index contributed by atoms with van der Waals surface area (Å²) >= 11 is 0. The summed E-state index contributed by atoms with van der Waals surface area (Å²) in [7, 11) is 1.30. The highest BCUT2D eigenvalue weighted by Crippen LogP contribution is 2.45. The molecule has 0 fully saturated rings. The molecule has 8 heteroatoms. The number of methoxy groups -OCH3 is 1. The van der Waals surface area contributed by atoms with Gasteiger partial charge in [0.05, 0.1) is 18.6 Å². The van der Waals surface area contributed by atoms with Gasteiger partial charge in [-0.1, -0.05) is 0 Å². The van der Waals surface area contributed by atoms with E-state index >= 15 is 0 Å². The molecule has 3 aromatic rings. The molecule has 0 amide bonds. The topological polar surface area (TPSA) is 130 Å². The number of benzene rings is 2. The first-order valence-electron chi connectivity index (χ1n) is 8.12. The third-order valence-electron chi connectivity index (χ3n) is 4.57. The van der Waals surface area contributed by atoms with Crippen LogP contribution in [-0.4, -0.2) is 33.6 Å².